The van der Waals surface area contributed by atoms with Crippen LogP contribution in [0.2, 0.25) is 0 Å². The number of nitrogens with zero attached hydrogens (tertiary/aromatic N) is 1. The van der Waals surface area contributed by atoms with E-state index >= 15 is 0 Å². The summed E-state index contributed by atoms with van der Waals surface area (Å²) >= 11 is 0. The molecular weight excluding hydrogens is 436 g/mol. The van der Waals surface area contributed by atoms with Gasteiger partial charge >= 0.3 is 5.97 Å². The van der Waals surface area contributed by atoms with Crippen molar-refractivity contribution in [3.63, 3.8) is 0 Å². The summed E-state index contributed by atoms with van der Waals surface area (Å²) < 4.78 is 2.22. The van der Waals surface area contributed by atoms with Crippen LogP contribution in [0.1, 0.15) is 102 Å². The van der Waals surface area contributed by atoms with Crippen LogP contribution < -0.4 is 5.73 Å². The number of aryl methyl sites for hydroxylation is 1. The van der Waals surface area contributed by atoms with Gasteiger partial charge in [0.2, 0.25) is 5.91 Å². The van der Waals surface area contributed by atoms with Crippen molar-refractivity contribution in [2.24, 2.45) is 11.7 Å². The van der Waals surface area contributed by atoms with Crippen LogP contribution in [0, 0.1) is 5.92 Å². The number of benzene rings is 2. The Kier molecular flexibility index (Phi) is 8.27. The van der Waals surface area contributed by atoms with Gasteiger partial charge in [-0.25, -0.2) is 4.79 Å². The molecule has 0 aliphatic heterocycles. The summed E-state index contributed by atoms with van der Waals surface area (Å²) in [6.45, 7) is 2.78. The molecule has 4 rings (SSSR count). The second-order valence-corrected chi connectivity index (χ2v) is 10.1. The lowest BCUT2D eigenvalue weighted by Gasteiger charge is -2.18. The number of carbonyl (C=O) groups is 2. The molecule has 1 aliphatic rings. The first-order chi connectivity index (χ1) is 17.0. The Morgan fingerprint density at radius 2 is 1.83 bits per heavy atom. The van der Waals surface area contributed by atoms with Crippen molar-refractivity contribution in [1.29, 1.82) is 0 Å². The molecule has 0 radical (unpaired) electrons. The molecule has 5 heteroatoms. The summed E-state index contributed by atoms with van der Waals surface area (Å²) in [5.74, 6) is -0.733. The Hall–Kier alpha value is -3.08. The maximum absolute atomic E-state index is 12.2. The Balaban J connectivity index is 1.68. The molecule has 1 aromatic heterocycles. The number of aromatic nitrogens is 1. The summed E-state index contributed by atoms with van der Waals surface area (Å²) in [5, 5.41) is 11.1. The van der Waals surface area contributed by atoms with Gasteiger partial charge in [-0.05, 0) is 60.9 Å². The molecule has 0 fully saturated rings. The van der Waals surface area contributed by atoms with E-state index < -0.39 is 11.9 Å². The highest BCUT2D eigenvalue weighted by Crippen LogP contribution is 2.37. The lowest BCUT2D eigenvalue weighted by Crippen LogP contribution is -2.13. The highest BCUT2D eigenvalue weighted by atomic mass is 16.4. The van der Waals surface area contributed by atoms with Crippen molar-refractivity contribution in [2.45, 2.75) is 84.1 Å². The van der Waals surface area contributed by atoms with E-state index in [2.05, 4.69) is 17.6 Å². The predicted octanol–water partition coefficient (Wildman–Crippen LogP) is 6.73. The van der Waals surface area contributed by atoms with Crippen LogP contribution in [-0.4, -0.2) is 21.6 Å². The molecule has 5 nitrogen and oxygen atoms in total. The first-order valence-electron chi connectivity index (χ1n) is 13.2. The molecule has 1 amide bonds. The van der Waals surface area contributed by atoms with Gasteiger partial charge in [0, 0.05) is 23.2 Å². The number of carboxylic acid groups (broad SMARTS) is 1. The number of fused-ring (bicyclic) bond motifs is 3. The normalized spacial score (nSPS) is 15.6. The number of hydrogen-bond acceptors (Lipinski definition) is 2. The third-order valence-electron chi connectivity index (χ3n) is 7.57. The molecule has 35 heavy (non-hydrogen) atoms. The smallest absolute Gasteiger partial charge is 0.337 e. The van der Waals surface area contributed by atoms with E-state index in [1.165, 1.54) is 62.6 Å². The summed E-state index contributed by atoms with van der Waals surface area (Å²) in [5.41, 5.74) is 10.7. The lowest BCUT2D eigenvalue weighted by molar-refractivity contribution is 0.0698. The van der Waals surface area contributed by atoms with E-state index in [1.807, 2.05) is 24.3 Å². The van der Waals surface area contributed by atoms with Gasteiger partial charge in [-0.3, -0.25) is 4.79 Å². The van der Waals surface area contributed by atoms with E-state index in [0.717, 1.165) is 35.7 Å². The van der Waals surface area contributed by atoms with E-state index in [-0.39, 0.29) is 0 Å². The second kappa shape index (κ2) is 11.6. The average molecular weight is 475 g/mol. The van der Waals surface area contributed by atoms with Gasteiger partial charge in [-0.2, -0.15) is 0 Å². The lowest BCUT2D eigenvalue weighted by atomic mass is 9.93. The van der Waals surface area contributed by atoms with Crippen LogP contribution in [0.4, 0.5) is 0 Å². The fourth-order valence-electron chi connectivity index (χ4n) is 5.80. The molecule has 3 N–H and O–H groups in total. The van der Waals surface area contributed by atoms with Gasteiger partial charge in [0.15, 0.2) is 0 Å². The Bertz CT molecular complexity index is 1190. The predicted molar refractivity (Wildman–Crippen MR) is 141 cm³/mol. The fraction of sp³-hybridized carbons (Fsp3) is 0.467. The van der Waals surface area contributed by atoms with Crippen molar-refractivity contribution >= 4 is 22.8 Å². The molecule has 1 atom stereocenters. The van der Waals surface area contributed by atoms with Gasteiger partial charge in [0.05, 0.1) is 11.1 Å². The van der Waals surface area contributed by atoms with Gasteiger partial charge in [0.1, 0.15) is 0 Å². The van der Waals surface area contributed by atoms with Gasteiger partial charge in [-0.15, -0.1) is 0 Å². The third-order valence-corrected chi connectivity index (χ3v) is 7.57. The highest BCUT2D eigenvalue weighted by molar-refractivity contribution is 6.04. The summed E-state index contributed by atoms with van der Waals surface area (Å²) in [6, 6.07) is 13.0. The molecule has 1 aliphatic carbocycles. The molecule has 0 bridgehead atoms. The van der Waals surface area contributed by atoms with Crippen LogP contribution in [0.15, 0.2) is 42.5 Å². The monoisotopic (exact) mass is 474 g/mol. The number of unbranched alkanes of at least 4 members (excludes halogenated alkanes) is 5. The number of aromatic carboxylic acids is 1. The zero-order valence-electron chi connectivity index (χ0n) is 20.9. The van der Waals surface area contributed by atoms with Crippen LogP contribution in [0.25, 0.3) is 10.9 Å². The largest absolute Gasteiger partial charge is 0.478 e. The number of nitrogens with two attached hydrogens (primary N) is 1. The second-order valence-electron chi connectivity index (χ2n) is 10.1. The van der Waals surface area contributed by atoms with Gasteiger partial charge in [-0.1, -0.05) is 76.1 Å². The minimum Gasteiger partial charge on any atom is -0.478 e. The first kappa shape index (κ1) is 25.0. The molecule has 3 aromatic rings. The van der Waals surface area contributed by atoms with Crippen LogP contribution in [0.3, 0.4) is 0 Å². The molecule has 1 unspecified atom stereocenters. The minimum absolute atomic E-state index is 0.342. The molecule has 186 valence electrons. The maximum atomic E-state index is 12.2. The summed E-state index contributed by atoms with van der Waals surface area (Å²) in [4.78, 5) is 23.9. The van der Waals surface area contributed by atoms with Crippen molar-refractivity contribution < 1.29 is 14.7 Å². The average Bonchev–Trinajstić information content (AvgIpc) is 2.99. The third kappa shape index (κ3) is 5.77. The standard InChI is InChI=1S/C30H38N2O3/c1-2-3-4-5-6-7-11-21-12-9-15-24-25-16-10-17-26(30(34)35)28(25)32(27(24)19-21)20-22-13-8-14-23(18-22)29(31)33/h8,10,13-14,16-18,21H,2-7,9,11-12,15,19-20H2,1H3,(H2,31,33)(H,34,35). The zero-order valence-corrected chi connectivity index (χ0v) is 20.9. The molecular formula is C30H38N2O3. The molecule has 1 heterocycles. The van der Waals surface area contributed by atoms with Gasteiger partial charge in [0.25, 0.3) is 0 Å². The highest BCUT2D eigenvalue weighted by Gasteiger charge is 2.26. The van der Waals surface area contributed by atoms with E-state index in [9.17, 15) is 14.7 Å². The molecule has 0 spiro atoms. The van der Waals surface area contributed by atoms with Crippen LogP contribution >= 0.6 is 0 Å². The minimum atomic E-state index is -0.904. The van der Waals surface area contributed by atoms with Crippen molar-refractivity contribution in [3.8, 4) is 0 Å². The summed E-state index contributed by atoms with van der Waals surface area (Å²) in [6.07, 6.45) is 13.4. The number of hydrogen-bond donors (Lipinski definition) is 2. The summed E-state index contributed by atoms with van der Waals surface area (Å²) in [7, 11) is 0. The van der Waals surface area contributed by atoms with Crippen LogP contribution in [-0.2, 0) is 19.4 Å². The zero-order chi connectivity index (χ0) is 24.8. The van der Waals surface area contributed by atoms with E-state index in [1.54, 1.807) is 12.1 Å². The maximum Gasteiger partial charge on any atom is 0.337 e. The Morgan fingerprint density at radius 1 is 1.06 bits per heavy atom. The molecule has 2 aromatic carbocycles. The van der Waals surface area contributed by atoms with E-state index in [4.69, 9.17) is 5.73 Å². The topological polar surface area (TPSA) is 85.3 Å². The van der Waals surface area contributed by atoms with Crippen molar-refractivity contribution in [3.05, 3.63) is 70.4 Å². The van der Waals surface area contributed by atoms with E-state index in [0.29, 0.717) is 23.6 Å². The number of para-hydroxylation sites is 1. The Morgan fingerprint density at radius 3 is 2.60 bits per heavy atom. The first-order valence-corrected chi connectivity index (χ1v) is 13.2. The number of primary amides is 1. The van der Waals surface area contributed by atoms with Crippen LogP contribution in [0.5, 0.6) is 0 Å². The number of rotatable bonds is 11. The quantitative estimate of drug-likeness (QED) is 0.239. The van der Waals surface area contributed by atoms with Crippen molar-refractivity contribution in [1.82, 2.24) is 4.57 Å². The number of amides is 1. The van der Waals surface area contributed by atoms with Gasteiger partial charge < -0.3 is 15.4 Å². The molecule has 0 saturated carbocycles. The Labute approximate surface area is 208 Å². The fourth-order valence-corrected chi connectivity index (χ4v) is 5.80. The molecule has 0 saturated heterocycles. The SMILES string of the molecule is CCCCCCCCC1CCCc2c(n(Cc3cccc(C(N)=O)c3)c3c(C(=O)O)cccc23)C1. The number of carbonyl (C=O) groups excluding carboxylic acids is 1. The van der Waals surface area contributed by atoms with Crippen molar-refractivity contribution in [2.75, 3.05) is 0 Å². The number of carboxylic acids is 1.